The van der Waals surface area contributed by atoms with Gasteiger partial charge in [-0.15, -0.1) is 0 Å². The van der Waals surface area contributed by atoms with Crippen molar-refractivity contribution in [2.24, 2.45) is 5.92 Å². The Balaban J connectivity index is 1.66. The van der Waals surface area contributed by atoms with Crippen LogP contribution in [0.4, 0.5) is 5.69 Å². The number of nitrogens with one attached hydrogen (secondary N) is 1. The van der Waals surface area contributed by atoms with E-state index in [-0.39, 0.29) is 11.8 Å². The van der Waals surface area contributed by atoms with E-state index in [1.807, 2.05) is 19.1 Å². The third-order valence-corrected chi connectivity index (χ3v) is 8.12. The second kappa shape index (κ2) is 7.81. The van der Waals surface area contributed by atoms with Crippen LogP contribution in [0.2, 0.25) is 5.02 Å². The Morgan fingerprint density at radius 2 is 2.08 bits per heavy atom. The summed E-state index contributed by atoms with van der Waals surface area (Å²) in [6, 6.07) is 5.48. The molecule has 1 radical (unpaired) electrons. The zero-order chi connectivity index (χ0) is 17.1. The van der Waals surface area contributed by atoms with E-state index in [1.165, 1.54) is 11.3 Å². The van der Waals surface area contributed by atoms with Crippen LogP contribution in [0.25, 0.3) is 0 Å². The average molecular weight is 424 g/mol. The first kappa shape index (κ1) is 17.7. The number of amides is 1. The number of rotatable bonds is 5. The zero-order valence-electron chi connectivity index (χ0n) is 13.2. The summed E-state index contributed by atoms with van der Waals surface area (Å²) in [6.45, 7) is 1.89. The molecule has 1 N–H and O–H groups in total. The number of carbonyl (C=O) groups excluding carboxylic acids is 2. The summed E-state index contributed by atoms with van der Waals surface area (Å²) in [7, 11) is 0. The first-order valence-corrected chi connectivity index (χ1v) is 10.9. The van der Waals surface area contributed by atoms with Gasteiger partial charge in [0.2, 0.25) is 0 Å². The van der Waals surface area contributed by atoms with Gasteiger partial charge in [-0.3, -0.25) is 0 Å². The van der Waals surface area contributed by atoms with Gasteiger partial charge in [-0.25, -0.2) is 0 Å². The van der Waals surface area contributed by atoms with Crippen LogP contribution in [0.3, 0.4) is 0 Å². The van der Waals surface area contributed by atoms with E-state index in [0.717, 1.165) is 35.0 Å². The fourth-order valence-electron chi connectivity index (χ4n) is 2.75. The second-order valence-electron chi connectivity index (χ2n) is 5.82. The Morgan fingerprint density at radius 1 is 1.33 bits per heavy atom. The molecule has 3 rings (SSSR count). The molecule has 24 heavy (non-hydrogen) atoms. The van der Waals surface area contributed by atoms with Gasteiger partial charge in [-0.2, -0.15) is 0 Å². The van der Waals surface area contributed by atoms with E-state index >= 15 is 0 Å². The van der Waals surface area contributed by atoms with Crippen molar-refractivity contribution in [2.45, 2.75) is 32.6 Å². The number of carbonyl (C=O) groups is 2. The molecule has 1 saturated carbocycles. The van der Waals surface area contributed by atoms with E-state index in [2.05, 4.69) is 10.3 Å². The molecule has 0 spiro atoms. The Kier molecular flexibility index (Phi) is 5.75. The number of hydrogen-bond donors (Lipinski definition) is 1. The van der Waals surface area contributed by atoms with Crippen LogP contribution < -0.4 is 9.11 Å². The van der Waals surface area contributed by atoms with E-state index in [4.69, 9.17) is 11.6 Å². The summed E-state index contributed by atoms with van der Waals surface area (Å²) in [5.74, 6) is -0.0126. The van der Waals surface area contributed by atoms with Crippen LogP contribution in [-0.4, -0.2) is 31.2 Å². The molecular formula is C17H17AsClN2O2S. The van der Waals surface area contributed by atoms with E-state index in [9.17, 15) is 9.59 Å². The number of aryl methyl sites for hydroxylation is 1. The Hall–Kier alpha value is -1.16. The molecule has 0 unspecified atom stereocenters. The first-order valence-electron chi connectivity index (χ1n) is 7.82. The molecule has 1 aromatic heterocycles. The maximum absolute atomic E-state index is 12.4. The van der Waals surface area contributed by atoms with Crippen molar-refractivity contribution in [3.8, 4) is 0 Å². The number of nitrogens with zero attached hydrogens (tertiary/aromatic N) is 1. The van der Waals surface area contributed by atoms with Gasteiger partial charge in [0.1, 0.15) is 0 Å². The summed E-state index contributed by atoms with van der Waals surface area (Å²) in [4.78, 5) is 29.5. The number of para-hydroxylation sites is 1. The van der Waals surface area contributed by atoms with Crippen LogP contribution in [0.5, 0.6) is 0 Å². The van der Waals surface area contributed by atoms with Crippen molar-refractivity contribution in [2.75, 3.05) is 5.32 Å². The molecule has 0 atom stereocenters. The predicted octanol–water partition coefficient (Wildman–Crippen LogP) is 3.40. The van der Waals surface area contributed by atoms with Gasteiger partial charge in [0, 0.05) is 0 Å². The molecule has 2 aromatic rings. The van der Waals surface area contributed by atoms with E-state index < -0.39 is 15.8 Å². The van der Waals surface area contributed by atoms with Gasteiger partial charge < -0.3 is 0 Å². The van der Waals surface area contributed by atoms with Crippen molar-refractivity contribution in [3.63, 3.8) is 0 Å². The van der Waals surface area contributed by atoms with Crippen molar-refractivity contribution < 1.29 is 9.59 Å². The van der Waals surface area contributed by atoms with Crippen molar-refractivity contribution in [3.05, 3.63) is 39.9 Å². The number of halogens is 1. The minimum atomic E-state index is -0.603. The zero-order valence-corrected chi connectivity index (χ0v) is 16.7. The summed E-state index contributed by atoms with van der Waals surface area (Å²) < 4.78 is 1.14. The third kappa shape index (κ3) is 4.08. The molecule has 0 aliphatic heterocycles. The van der Waals surface area contributed by atoms with Crippen molar-refractivity contribution in [1.29, 1.82) is 0 Å². The van der Waals surface area contributed by atoms with Crippen LogP contribution in [0, 0.1) is 12.8 Å². The standard InChI is InChI=1S/C17H17AsClN2O2S/c1-10-5-4-8-12(19)14(10)21-16(23)13-9-20-17(24-13)18-15(22)11-6-2-3-7-11/h4-5,8-9,11H,2-3,6-7H2,1H3,(H,21,23). The molecular weight excluding hydrogens is 407 g/mol. The minimum absolute atomic E-state index is 0.219. The Labute approximate surface area is 156 Å². The summed E-state index contributed by atoms with van der Waals surface area (Å²) >= 11 is 6.85. The topological polar surface area (TPSA) is 59.1 Å². The quantitative estimate of drug-likeness (QED) is 0.750. The normalized spacial score (nSPS) is 15.2. The van der Waals surface area contributed by atoms with Crippen molar-refractivity contribution in [1.82, 2.24) is 4.98 Å². The summed E-state index contributed by atoms with van der Waals surface area (Å²) in [5.41, 5.74) is 1.53. The van der Waals surface area contributed by atoms with Gasteiger partial charge in [0.15, 0.2) is 0 Å². The first-order chi connectivity index (χ1) is 11.5. The monoisotopic (exact) mass is 423 g/mol. The average Bonchev–Trinajstić information content (AvgIpc) is 3.22. The van der Waals surface area contributed by atoms with Crippen LogP contribution in [-0.2, 0) is 4.79 Å². The molecule has 1 aliphatic carbocycles. The number of hydrogen-bond acceptors (Lipinski definition) is 4. The van der Waals surface area contributed by atoms with Gasteiger partial charge in [-0.1, -0.05) is 0 Å². The molecule has 4 nitrogen and oxygen atoms in total. The van der Waals surface area contributed by atoms with E-state index in [0.29, 0.717) is 20.2 Å². The van der Waals surface area contributed by atoms with Crippen LogP contribution in [0.15, 0.2) is 24.4 Å². The molecule has 1 aromatic carbocycles. The molecule has 1 aliphatic rings. The molecule has 1 heterocycles. The van der Waals surface area contributed by atoms with Gasteiger partial charge >= 0.3 is 157 Å². The third-order valence-electron chi connectivity index (χ3n) is 4.09. The summed E-state index contributed by atoms with van der Waals surface area (Å²) in [5, 5.41) is 3.35. The maximum atomic E-state index is 12.4. The fourth-order valence-corrected chi connectivity index (χ4v) is 6.55. The SMILES string of the molecule is Cc1cccc(Cl)c1NC(=O)c1cnc([As]C(=O)C2CCCC2)s1. The molecule has 1 amide bonds. The molecule has 0 bridgehead atoms. The molecule has 125 valence electrons. The number of aromatic nitrogens is 1. The van der Waals surface area contributed by atoms with Gasteiger partial charge in [0.05, 0.1) is 0 Å². The van der Waals surface area contributed by atoms with Gasteiger partial charge in [0.25, 0.3) is 0 Å². The Morgan fingerprint density at radius 3 is 2.79 bits per heavy atom. The molecule has 0 saturated heterocycles. The predicted molar refractivity (Wildman–Crippen MR) is 98.6 cm³/mol. The Bertz CT molecular complexity index is 751. The number of thiazole rings is 1. The van der Waals surface area contributed by atoms with Crippen LogP contribution >= 0.6 is 22.9 Å². The fraction of sp³-hybridized carbons (Fsp3) is 0.353. The molecule has 7 heteroatoms. The number of benzene rings is 1. The van der Waals surface area contributed by atoms with Gasteiger partial charge in [-0.05, 0) is 0 Å². The summed E-state index contributed by atoms with van der Waals surface area (Å²) in [6.07, 6.45) is 5.89. The van der Waals surface area contributed by atoms with E-state index in [1.54, 1.807) is 12.3 Å². The molecule has 1 fully saturated rings. The number of anilines is 1. The van der Waals surface area contributed by atoms with Crippen molar-refractivity contribution >= 4 is 58.7 Å². The second-order valence-corrected chi connectivity index (χ2v) is 10.2. The van der Waals surface area contributed by atoms with Crippen LogP contribution in [0.1, 0.15) is 40.9 Å².